The number of carbonyl (C=O) groups excluding carboxylic acids is 3. The van der Waals surface area contributed by atoms with Gasteiger partial charge in [-0.15, -0.1) is 0 Å². The lowest BCUT2D eigenvalue weighted by atomic mass is 10.0. The van der Waals surface area contributed by atoms with Crippen molar-refractivity contribution in [3.63, 3.8) is 0 Å². The molecule has 0 aliphatic rings. The third kappa shape index (κ3) is 68.5. The summed E-state index contributed by atoms with van der Waals surface area (Å²) in [4.78, 5) is 37.5. The molecule has 0 saturated carbocycles. The topological polar surface area (TPSA) is 111 Å². The van der Waals surface area contributed by atoms with Crippen molar-refractivity contribution < 1.29 is 42.9 Å². The molecule has 0 aromatic carbocycles. The second-order valence-electron chi connectivity index (χ2n) is 24.1. The van der Waals surface area contributed by atoms with E-state index in [1.54, 1.807) is 0 Å². The van der Waals surface area contributed by atoms with E-state index >= 15 is 0 Å². The van der Waals surface area contributed by atoms with Crippen LogP contribution in [0.3, 0.4) is 0 Å². The maximum atomic E-state index is 12.9. The van der Waals surface area contributed by atoms with Crippen LogP contribution in [0.4, 0.5) is 0 Å². The monoisotopic (exact) mass is 1210 g/mol. The third-order valence-corrected chi connectivity index (χ3v) is 14.6. The molecule has 0 heterocycles. The Morgan fingerprint density at radius 2 is 0.621 bits per heavy atom. The molecule has 0 aromatic rings. The quantitative estimate of drug-likeness (QED) is 0.0195. The van der Waals surface area contributed by atoms with Gasteiger partial charge in [0.1, 0.15) is 13.2 Å². The highest BCUT2D eigenvalue weighted by Gasteiger charge is 2.22. The van der Waals surface area contributed by atoms with Crippen LogP contribution >= 0.6 is 0 Å². The van der Waals surface area contributed by atoms with Gasteiger partial charge in [0, 0.05) is 12.8 Å². The molecule has 0 amide bonds. The fraction of sp³-hybridized carbons (Fsp3) is 0.654. The molecule has 0 bridgehead atoms. The van der Waals surface area contributed by atoms with Gasteiger partial charge < -0.3 is 33.3 Å². The lowest BCUT2D eigenvalue weighted by molar-refractivity contribution is -0.870. The number of carbonyl (C=O) groups is 3. The first-order valence-electron chi connectivity index (χ1n) is 35.0. The van der Waals surface area contributed by atoms with Crippen molar-refractivity contribution in [3.05, 3.63) is 146 Å². The van der Waals surface area contributed by atoms with E-state index in [2.05, 4.69) is 160 Å². The molecule has 494 valence electrons. The highest BCUT2D eigenvalue weighted by molar-refractivity contribution is 5.70. The fourth-order valence-electron chi connectivity index (χ4n) is 9.31. The molecule has 9 nitrogen and oxygen atoms in total. The largest absolute Gasteiger partial charge is 0.545 e. The summed E-state index contributed by atoms with van der Waals surface area (Å²) in [7, 11) is 5.92. The van der Waals surface area contributed by atoms with E-state index < -0.39 is 24.3 Å². The van der Waals surface area contributed by atoms with Crippen LogP contribution in [0.5, 0.6) is 0 Å². The molecule has 0 N–H and O–H groups in total. The number of likely N-dealkylation sites (N-methyl/N-ethyl adjacent to an activating group) is 1. The van der Waals surface area contributed by atoms with Crippen LogP contribution in [-0.4, -0.2) is 82.3 Å². The van der Waals surface area contributed by atoms with Gasteiger partial charge in [-0.3, -0.25) is 9.59 Å². The Balaban J connectivity index is 4.12. The molecule has 0 saturated heterocycles. The Kier molecular flexibility index (Phi) is 63.4. The van der Waals surface area contributed by atoms with Crippen LogP contribution in [0.1, 0.15) is 271 Å². The summed E-state index contributed by atoms with van der Waals surface area (Å²) in [5.74, 6) is -2.29. The number of esters is 2. The van der Waals surface area contributed by atoms with E-state index in [-0.39, 0.29) is 38.6 Å². The lowest BCUT2D eigenvalue weighted by Crippen LogP contribution is -2.44. The molecule has 0 aliphatic heterocycles. The van der Waals surface area contributed by atoms with Crippen LogP contribution in [-0.2, 0) is 33.3 Å². The van der Waals surface area contributed by atoms with Gasteiger partial charge in [0.15, 0.2) is 12.4 Å². The zero-order chi connectivity index (χ0) is 63.3. The number of rotatable bonds is 63. The van der Waals surface area contributed by atoms with E-state index in [1.807, 2.05) is 21.1 Å². The van der Waals surface area contributed by atoms with E-state index in [4.69, 9.17) is 18.9 Å². The number of aliphatic carboxylic acids is 1. The smallest absolute Gasteiger partial charge is 0.306 e. The summed E-state index contributed by atoms with van der Waals surface area (Å²) in [6, 6.07) is 0. The summed E-state index contributed by atoms with van der Waals surface area (Å²) in [5, 5.41) is 11.8. The Labute approximate surface area is 534 Å². The Bertz CT molecular complexity index is 1940. The van der Waals surface area contributed by atoms with Gasteiger partial charge in [-0.2, -0.15) is 0 Å². The Hall–Kier alpha value is -4.83. The maximum absolute atomic E-state index is 12.9. The van der Waals surface area contributed by atoms with Crippen molar-refractivity contribution >= 4 is 17.9 Å². The minimum Gasteiger partial charge on any atom is -0.545 e. The molecule has 2 atom stereocenters. The summed E-state index contributed by atoms with van der Waals surface area (Å²) in [5.41, 5.74) is 0. The number of unbranched alkanes of at least 4 members (excludes halogenated alkanes) is 24. The SMILES string of the molecule is CC/C=C\C/C=C\C/C=C\C/C=C\C/C=C\C/C=C\C/C=C\C/C=C\CCCCCCCCCCCCCCCCC(=O)OC(COC(=O)CCCCCCCCCCCC/C=C\C/C=C\C/C=C\C/C=C\CC)COC(OCC[N+](C)(C)C)C(=O)[O-]. The minimum atomic E-state index is -1.63. The Morgan fingerprint density at radius 1 is 0.345 bits per heavy atom. The van der Waals surface area contributed by atoms with Gasteiger partial charge in [-0.1, -0.05) is 288 Å². The molecule has 0 rings (SSSR count). The summed E-state index contributed by atoms with van der Waals surface area (Å²) in [6.07, 6.45) is 94.9. The van der Waals surface area contributed by atoms with Gasteiger partial charge >= 0.3 is 11.9 Å². The normalized spacial score (nSPS) is 13.6. The molecular weight excluding hydrogens is 1080 g/mol. The molecule has 2 unspecified atom stereocenters. The molecule has 87 heavy (non-hydrogen) atoms. The van der Waals surface area contributed by atoms with Crippen molar-refractivity contribution in [2.75, 3.05) is 47.5 Å². The van der Waals surface area contributed by atoms with Gasteiger partial charge in [-0.05, 0) is 116 Å². The van der Waals surface area contributed by atoms with Gasteiger partial charge in [0.25, 0.3) is 0 Å². The molecular formula is C78H129NO8. The first-order valence-corrected chi connectivity index (χ1v) is 35.0. The van der Waals surface area contributed by atoms with Crippen molar-refractivity contribution in [2.45, 2.75) is 283 Å². The first kappa shape index (κ1) is 82.2. The predicted octanol–water partition coefficient (Wildman–Crippen LogP) is 20.6. The van der Waals surface area contributed by atoms with Crippen molar-refractivity contribution in [1.82, 2.24) is 0 Å². The molecule has 9 heteroatoms. The second-order valence-corrected chi connectivity index (χ2v) is 24.1. The van der Waals surface area contributed by atoms with E-state index in [9.17, 15) is 19.5 Å². The fourth-order valence-corrected chi connectivity index (χ4v) is 9.31. The van der Waals surface area contributed by atoms with Gasteiger partial charge in [-0.25, -0.2) is 0 Å². The number of hydrogen-bond acceptors (Lipinski definition) is 8. The van der Waals surface area contributed by atoms with E-state index in [1.165, 1.54) is 109 Å². The first-order chi connectivity index (χ1) is 42.6. The van der Waals surface area contributed by atoms with Crippen molar-refractivity contribution in [3.8, 4) is 0 Å². The van der Waals surface area contributed by atoms with E-state index in [0.717, 1.165) is 128 Å². The number of allylic oxidation sites excluding steroid dienone is 24. The van der Waals surface area contributed by atoms with Gasteiger partial charge in [0.05, 0.1) is 40.3 Å². The number of ether oxygens (including phenoxy) is 4. The summed E-state index contributed by atoms with van der Waals surface area (Å²) >= 11 is 0. The molecule has 0 aromatic heterocycles. The highest BCUT2D eigenvalue weighted by atomic mass is 16.7. The van der Waals surface area contributed by atoms with Gasteiger partial charge in [0.2, 0.25) is 0 Å². The van der Waals surface area contributed by atoms with Crippen LogP contribution in [0.15, 0.2) is 146 Å². The van der Waals surface area contributed by atoms with Crippen molar-refractivity contribution in [2.24, 2.45) is 0 Å². The number of hydrogen-bond donors (Lipinski definition) is 0. The van der Waals surface area contributed by atoms with Crippen molar-refractivity contribution in [1.29, 1.82) is 0 Å². The number of nitrogens with zero attached hydrogens (tertiary/aromatic N) is 1. The van der Waals surface area contributed by atoms with Crippen LogP contribution in [0, 0.1) is 0 Å². The zero-order valence-corrected chi connectivity index (χ0v) is 56.3. The predicted molar refractivity (Wildman–Crippen MR) is 370 cm³/mol. The average molecular weight is 1210 g/mol. The second kappa shape index (κ2) is 67.1. The van der Waals surface area contributed by atoms with Crippen LogP contribution in [0.2, 0.25) is 0 Å². The highest BCUT2D eigenvalue weighted by Crippen LogP contribution is 2.16. The van der Waals surface area contributed by atoms with Crippen LogP contribution < -0.4 is 5.11 Å². The molecule has 0 aliphatic carbocycles. The Morgan fingerprint density at radius 3 is 0.920 bits per heavy atom. The summed E-state index contributed by atoms with van der Waals surface area (Å²) in [6.45, 7) is 4.52. The average Bonchev–Trinajstić information content (AvgIpc) is 3.55. The maximum Gasteiger partial charge on any atom is 0.306 e. The third-order valence-electron chi connectivity index (χ3n) is 14.6. The standard InChI is InChI=1S/C78H129NO8/c1-6-8-10-12-14-16-18-20-22-24-26-28-30-31-32-33-34-35-36-37-38-39-40-41-42-43-44-45-47-49-51-53-55-57-59-61-63-65-67-69-76(81)87-74(73-86-78(77(82)83)84-71-70-79(3,4)5)72-85-75(80)68-66-64-62-60-58-56-54-52-50-48-46-29-27-25-23-21-19-17-15-13-11-9-7-2/h8-11,14-17,20-23,26-29,31-32,34-35,37-38,40-41,74,78H,6-7,12-13,18-19,24-25,30,33,36,39,42-73H2,1-5H3/b10-8-,11-9-,16-14-,17-15-,22-20-,23-21-,28-26-,29-27-,32-31-,35-34-,38-37-,41-40-. The minimum absolute atomic E-state index is 0.141. The summed E-state index contributed by atoms with van der Waals surface area (Å²) < 4.78 is 22.8. The lowest BCUT2D eigenvalue weighted by Gasteiger charge is -2.26. The molecule has 0 fully saturated rings. The number of quaternary nitrogens is 1. The zero-order valence-electron chi connectivity index (χ0n) is 56.3. The number of carboxylic acid groups (broad SMARTS) is 1. The molecule has 0 radical (unpaired) electrons. The van der Waals surface area contributed by atoms with E-state index in [0.29, 0.717) is 17.4 Å². The number of carboxylic acids is 1. The van der Waals surface area contributed by atoms with Crippen LogP contribution in [0.25, 0.3) is 0 Å². The molecule has 0 spiro atoms.